The van der Waals surface area contributed by atoms with E-state index < -0.39 is 22.6 Å². The monoisotopic (exact) mass is 383 g/mol. The highest BCUT2D eigenvalue weighted by atomic mass is 19.4. The van der Waals surface area contributed by atoms with E-state index in [0.29, 0.717) is 18.8 Å². The summed E-state index contributed by atoms with van der Waals surface area (Å²) < 4.78 is 39.8. The second-order valence-corrected chi connectivity index (χ2v) is 6.09. The molecular weight excluding hydrogens is 367 g/mol. The highest BCUT2D eigenvalue weighted by Gasteiger charge is 2.33. The summed E-state index contributed by atoms with van der Waals surface area (Å²) in [6, 6.07) is 5.00. The number of amides is 1. The molecule has 8 nitrogen and oxygen atoms in total. The van der Waals surface area contributed by atoms with Crippen LogP contribution in [-0.2, 0) is 13.2 Å². The predicted octanol–water partition coefficient (Wildman–Crippen LogP) is 2.31. The molecule has 0 radical (unpaired) electrons. The predicted molar refractivity (Wildman–Crippen MR) is 89.4 cm³/mol. The number of anilines is 1. The van der Waals surface area contributed by atoms with Crippen molar-refractivity contribution in [1.82, 2.24) is 14.7 Å². The summed E-state index contributed by atoms with van der Waals surface area (Å²) in [4.78, 5) is 26.2. The average Bonchev–Trinajstić information content (AvgIpc) is 3.02. The topological polar surface area (TPSA) is 84.5 Å². The number of halogens is 3. The SMILES string of the molecule is Cn1ncc([N+](=O)[O-])c1C(=O)N1CCN(c2cccc(C(F)(F)F)c2)CC1. The van der Waals surface area contributed by atoms with Crippen LogP contribution in [0.2, 0.25) is 0 Å². The Labute approximate surface area is 151 Å². The lowest BCUT2D eigenvalue weighted by atomic mass is 10.1. The Morgan fingerprint density at radius 3 is 2.48 bits per heavy atom. The van der Waals surface area contributed by atoms with E-state index in [1.807, 2.05) is 0 Å². The fourth-order valence-electron chi connectivity index (χ4n) is 3.00. The largest absolute Gasteiger partial charge is 0.416 e. The van der Waals surface area contributed by atoms with Crippen LogP contribution in [0.25, 0.3) is 0 Å². The number of benzene rings is 1. The Kier molecular flexibility index (Phi) is 4.77. The molecule has 0 saturated carbocycles. The van der Waals surface area contributed by atoms with Gasteiger partial charge in [0, 0.05) is 38.9 Å². The third-order valence-corrected chi connectivity index (χ3v) is 4.42. The smallest absolute Gasteiger partial charge is 0.368 e. The number of piperazine rings is 1. The summed E-state index contributed by atoms with van der Waals surface area (Å²) in [5.41, 5.74) is -0.803. The van der Waals surface area contributed by atoms with Crippen molar-refractivity contribution in [3.05, 3.63) is 51.8 Å². The Morgan fingerprint density at radius 1 is 1.22 bits per heavy atom. The number of aromatic nitrogens is 2. The Morgan fingerprint density at radius 2 is 1.89 bits per heavy atom. The van der Waals surface area contributed by atoms with Gasteiger partial charge in [-0.25, -0.2) is 0 Å². The van der Waals surface area contributed by atoms with Crippen LogP contribution in [-0.4, -0.2) is 51.7 Å². The number of carbonyl (C=O) groups is 1. The van der Waals surface area contributed by atoms with Crippen molar-refractivity contribution in [2.24, 2.45) is 7.05 Å². The van der Waals surface area contributed by atoms with Crippen molar-refractivity contribution < 1.29 is 22.9 Å². The van der Waals surface area contributed by atoms with Gasteiger partial charge in [-0.3, -0.25) is 19.6 Å². The lowest BCUT2D eigenvalue weighted by Crippen LogP contribution is -2.49. The number of nitrogens with zero attached hydrogens (tertiary/aromatic N) is 5. The number of hydrogen-bond acceptors (Lipinski definition) is 5. The number of carbonyl (C=O) groups excluding carboxylic acids is 1. The minimum absolute atomic E-state index is 0.118. The lowest BCUT2D eigenvalue weighted by molar-refractivity contribution is -0.385. The van der Waals surface area contributed by atoms with Crippen LogP contribution < -0.4 is 4.90 Å². The maximum Gasteiger partial charge on any atom is 0.416 e. The quantitative estimate of drug-likeness (QED) is 0.600. The van der Waals surface area contributed by atoms with Gasteiger partial charge in [0.05, 0.1) is 10.5 Å². The van der Waals surface area contributed by atoms with Gasteiger partial charge in [-0.1, -0.05) is 6.07 Å². The van der Waals surface area contributed by atoms with Crippen molar-refractivity contribution in [2.75, 3.05) is 31.1 Å². The number of aryl methyl sites for hydroxylation is 1. The molecule has 1 aromatic heterocycles. The zero-order chi connectivity index (χ0) is 19.8. The van der Waals surface area contributed by atoms with Gasteiger partial charge in [0.1, 0.15) is 6.20 Å². The van der Waals surface area contributed by atoms with Crippen LogP contribution in [0.4, 0.5) is 24.5 Å². The molecule has 27 heavy (non-hydrogen) atoms. The van der Waals surface area contributed by atoms with Gasteiger partial charge in [-0.05, 0) is 18.2 Å². The molecule has 3 rings (SSSR count). The van der Waals surface area contributed by atoms with Crippen LogP contribution in [0.15, 0.2) is 30.5 Å². The molecule has 1 saturated heterocycles. The molecule has 0 atom stereocenters. The van der Waals surface area contributed by atoms with Crippen LogP contribution in [0.3, 0.4) is 0 Å². The maximum atomic E-state index is 12.9. The van der Waals surface area contributed by atoms with E-state index in [2.05, 4.69) is 5.10 Å². The summed E-state index contributed by atoms with van der Waals surface area (Å²) in [5.74, 6) is -0.523. The summed E-state index contributed by atoms with van der Waals surface area (Å²) in [5, 5.41) is 14.8. The first-order chi connectivity index (χ1) is 12.7. The maximum absolute atomic E-state index is 12.9. The van der Waals surface area contributed by atoms with Gasteiger partial charge in [-0.2, -0.15) is 18.3 Å². The first-order valence-corrected chi connectivity index (χ1v) is 8.06. The Balaban J connectivity index is 1.72. The fourth-order valence-corrected chi connectivity index (χ4v) is 3.00. The molecule has 11 heteroatoms. The van der Waals surface area contributed by atoms with Gasteiger partial charge in [0.15, 0.2) is 0 Å². The van der Waals surface area contributed by atoms with Crippen LogP contribution in [0.5, 0.6) is 0 Å². The van der Waals surface area contributed by atoms with E-state index in [1.165, 1.54) is 18.0 Å². The van der Waals surface area contributed by atoms with Crippen LogP contribution in [0.1, 0.15) is 16.1 Å². The second kappa shape index (κ2) is 6.89. The Hall–Kier alpha value is -3.11. The van der Waals surface area contributed by atoms with Gasteiger partial charge < -0.3 is 9.80 Å². The third-order valence-electron chi connectivity index (χ3n) is 4.42. The molecule has 2 heterocycles. The fraction of sp³-hybridized carbons (Fsp3) is 0.375. The Bertz CT molecular complexity index is 872. The molecule has 1 fully saturated rings. The minimum Gasteiger partial charge on any atom is -0.368 e. The molecule has 2 aromatic rings. The summed E-state index contributed by atoms with van der Waals surface area (Å²) in [7, 11) is 1.44. The molecule has 0 spiro atoms. The van der Waals surface area contributed by atoms with E-state index in [4.69, 9.17) is 0 Å². The van der Waals surface area contributed by atoms with Crippen molar-refractivity contribution in [1.29, 1.82) is 0 Å². The first-order valence-electron chi connectivity index (χ1n) is 8.06. The van der Waals surface area contributed by atoms with E-state index in [0.717, 1.165) is 23.0 Å². The molecular formula is C16H16F3N5O3. The van der Waals surface area contributed by atoms with Gasteiger partial charge >= 0.3 is 11.9 Å². The second-order valence-electron chi connectivity index (χ2n) is 6.09. The number of rotatable bonds is 3. The van der Waals surface area contributed by atoms with Crippen molar-refractivity contribution in [2.45, 2.75) is 6.18 Å². The van der Waals surface area contributed by atoms with Gasteiger partial charge in [-0.15, -0.1) is 0 Å². The molecule has 0 N–H and O–H groups in total. The number of hydrogen-bond donors (Lipinski definition) is 0. The average molecular weight is 383 g/mol. The zero-order valence-electron chi connectivity index (χ0n) is 14.3. The highest BCUT2D eigenvalue weighted by Crippen LogP contribution is 2.32. The molecule has 1 aliphatic heterocycles. The number of nitro groups is 1. The third kappa shape index (κ3) is 3.71. The van der Waals surface area contributed by atoms with Crippen LogP contribution in [0, 0.1) is 10.1 Å². The van der Waals surface area contributed by atoms with Crippen molar-refractivity contribution in [3.8, 4) is 0 Å². The molecule has 144 valence electrons. The van der Waals surface area contributed by atoms with Crippen molar-refractivity contribution >= 4 is 17.3 Å². The van der Waals surface area contributed by atoms with Crippen LogP contribution >= 0.6 is 0 Å². The van der Waals surface area contributed by atoms with Gasteiger partial charge in [0.25, 0.3) is 5.91 Å². The van der Waals surface area contributed by atoms with Crippen molar-refractivity contribution in [3.63, 3.8) is 0 Å². The zero-order valence-corrected chi connectivity index (χ0v) is 14.3. The molecule has 1 aromatic carbocycles. The lowest BCUT2D eigenvalue weighted by Gasteiger charge is -2.36. The van der Waals surface area contributed by atoms with E-state index >= 15 is 0 Å². The summed E-state index contributed by atoms with van der Waals surface area (Å²) in [6.07, 6.45) is -3.40. The molecule has 1 aliphatic rings. The highest BCUT2D eigenvalue weighted by molar-refractivity contribution is 5.96. The number of alkyl halides is 3. The van der Waals surface area contributed by atoms with E-state index in [-0.39, 0.29) is 24.5 Å². The summed E-state index contributed by atoms with van der Waals surface area (Å²) >= 11 is 0. The van der Waals surface area contributed by atoms with Gasteiger partial charge in [0.2, 0.25) is 5.69 Å². The molecule has 0 aliphatic carbocycles. The molecule has 1 amide bonds. The standard InChI is InChI=1S/C16H16F3N5O3/c1-21-14(13(10-20-21)24(26)27)15(25)23-7-5-22(6-8-23)12-4-2-3-11(9-12)16(17,18)19/h2-4,9-10H,5-8H2,1H3. The normalized spacial score (nSPS) is 15.1. The molecule has 0 bridgehead atoms. The van der Waals surface area contributed by atoms with E-state index in [9.17, 15) is 28.1 Å². The first kappa shape index (κ1) is 18.7. The van der Waals surface area contributed by atoms with E-state index in [1.54, 1.807) is 11.0 Å². The minimum atomic E-state index is -4.42. The molecule has 0 unspecified atom stereocenters. The summed E-state index contributed by atoms with van der Waals surface area (Å²) in [6.45, 7) is 1.10.